The van der Waals surface area contributed by atoms with E-state index in [-0.39, 0.29) is 0 Å². The lowest BCUT2D eigenvalue weighted by Gasteiger charge is -2.22. The second kappa shape index (κ2) is 29.3. The monoisotopic (exact) mass is 573 g/mol. The average Bonchev–Trinajstić information content (AvgIpc) is 3.47. The van der Waals surface area contributed by atoms with Crippen molar-refractivity contribution in [1.29, 1.82) is 0 Å². The van der Waals surface area contributed by atoms with Crippen LogP contribution >= 0.6 is 0 Å². The Hall–Kier alpha value is -0.790. The first-order valence-electron chi connectivity index (χ1n) is 19.3. The van der Waals surface area contributed by atoms with E-state index < -0.39 is 0 Å². The third-order valence-electron chi connectivity index (χ3n) is 9.58. The first kappa shape index (κ1) is 38.2. The highest BCUT2D eigenvalue weighted by Gasteiger charge is 2.19. The predicted octanol–water partition coefficient (Wildman–Crippen LogP) is 14.3. The molecular weight excluding hydrogens is 496 g/mol. The van der Waals surface area contributed by atoms with Gasteiger partial charge in [0, 0.05) is 24.4 Å². The van der Waals surface area contributed by atoms with E-state index in [0.29, 0.717) is 12.0 Å². The molecule has 1 aromatic heterocycles. The molecule has 2 unspecified atom stereocenters. The maximum Gasteiger partial charge on any atom is 0.111 e. The van der Waals surface area contributed by atoms with Crippen molar-refractivity contribution in [2.45, 2.75) is 232 Å². The van der Waals surface area contributed by atoms with E-state index in [1.807, 2.05) is 0 Å². The van der Waals surface area contributed by atoms with Gasteiger partial charge in [-0.3, -0.25) is 0 Å². The summed E-state index contributed by atoms with van der Waals surface area (Å²) in [6.45, 7) is 9.39. The number of hydrogen-bond donors (Lipinski definition) is 0. The molecule has 1 aromatic rings. The minimum absolute atomic E-state index is 0.589. The Morgan fingerprint density at radius 3 is 1.15 bits per heavy atom. The second-order valence-electron chi connectivity index (χ2n) is 13.6. The van der Waals surface area contributed by atoms with Crippen LogP contribution in [0.15, 0.2) is 12.4 Å². The molecular formula is C39H76N2. The van der Waals surface area contributed by atoms with E-state index in [0.717, 1.165) is 0 Å². The van der Waals surface area contributed by atoms with Crippen molar-refractivity contribution >= 4 is 0 Å². The van der Waals surface area contributed by atoms with Crippen LogP contribution in [0, 0.1) is 0 Å². The van der Waals surface area contributed by atoms with Crippen LogP contribution in [0.1, 0.15) is 238 Å². The van der Waals surface area contributed by atoms with Crippen LogP contribution in [0.2, 0.25) is 0 Å². The summed E-state index contributed by atoms with van der Waals surface area (Å²) in [7, 11) is 0. The standard InChI is InChI=1S/C39H76N2/c1-5-8-11-14-16-18-20-21-23-25-28-31-34-38(33-30-26-13-10-7-3)39-40-35-36-41(39)37(4)32-29-27-24-22-19-17-15-12-9-6-2/h35-38H,5-34H2,1-4H3. The van der Waals surface area contributed by atoms with Crippen LogP contribution in [-0.2, 0) is 0 Å². The summed E-state index contributed by atoms with van der Waals surface area (Å²) in [5.74, 6) is 2.06. The Kier molecular flexibility index (Phi) is 27.3. The van der Waals surface area contributed by atoms with Crippen molar-refractivity contribution in [3.63, 3.8) is 0 Å². The Labute approximate surface area is 259 Å². The highest BCUT2D eigenvalue weighted by Crippen LogP contribution is 2.31. The fourth-order valence-electron chi connectivity index (χ4n) is 6.71. The highest BCUT2D eigenvalue weighted by molar-refractivity contribution is 5.02. The summed E-state index contributed by atoms with van der Waals surface area (Å²) in [4.78, 5) is 4.99. The van der Waals surface area contributed by atoms with Crippen molar-refractivity contribution in [2.24, 2.45) is 0 Å². The Bertz CT molecular complexity index is 635. The molecule has 1 heterocycles. The number of nitrogens with zero attached hydrogens (tertiary/aromatic N) is 2. The van der Waals surface area contributed by atoms with Gasteiger partial charge in [0.25, 0.3) is 0 Å². The Balaban J connectivity index is 2.36. The van der Waals surface area contributed by atoms with Crippen molar-refractivity contribution in [2.75, 3.05) is 0 Å². The Morgan fingerprint density at radius 1 is 0.463 bits per heavy atom. The molecule has 0 aliphatic carbocycles. The molecule has 0 radical (unpaired) electrons. The van der Waals surface area contributed by atoms with Crippen LogP contribution < -0.4 is 0 Å². The molecule has 242 valence electrons. The number of imidazole rings is 1. The zero-order chi connectivity index (χ0) is 29.6. The first-order valence-corrected chi connectivity index (χ1v) is 19.3. The maximum atomic E-state index is 4.99. The minimum atomic E-state index is 0.589. The topological polar surface area (TPSA) is 17.8 Å². The molecule has 0 bridgehead atoms. The van der Waals surface area contributed by atoms with Crippen molar-refractivity contribution in [1.82, 2.24) is 9.55 Å². The van der Waals surface area contributed by atoms with E-state index in [1.54, 1.807) is 0 Å². The van der Waals surface area contributed by atoms with Crippen molar-refractivity contribution in [3.8, 4) is 0 Å². The summed E-state index contributed by atoms with van der Waals surface area (Å²) < 4.78 is 2.57. The number of unbranched alkanes of at least 4 members (excludes halogenated alkanes) is 24. The number of rotatable bonds is 32. The molecule has 0 aromatic carbocycles. The summed E-state index contributed by atoms with van der Waals surface area (Å²) >= 11 is 0. The molecule has 41 heavy (non-hydrogen) atoms. The molecule has 0 saturated heterocycles. The van der Waals surface area contributed by atoms with E-state index in [4.69, 9.17) is 4.98 Å². The zero-order valence-electron chi connectivity index (χ0n) is 28.9. The third kappa shape index (κ3) is 21.5. The fraction of sp³-hybridized carbons (Fsp3) is 0.923. The smallest absolute Gasteiger partial charge is 0.111 e. The average molecular weight is 573 g/mol. The summed E-state index contributed by atoms with van der Waals surface area (Å²) in [5.41, 5.74) is 0. The van der Waals surface area contributed by atoms with Crippen LogP contribution in [0.25, 0.3) is 0 Å². The number of hydrogen-bond acceptors (Lipinski definition) is 1. The van der Waals surface area contributed by atoms with Crippen LogP contribution in [0.3, 0.4) is 0 Å². The summed E-state index contributed by atoms with van der Waals surface area (Å²) in [6.07, 6.45) is 46.7. The predicted molar refractivity (Wildman–Crippen MR) is 185 cm³/mol. The molecule has 0 fully saturated rings. The van der Waals surface area contributed by atoms with Crippen LogP contribution in [0.4, 0.5) is 0 Å². The molecule has 2 heteroatoms. The van der Waals surface area contributed by atoms with Gasteiger partial charge in [0.2, 0.25) is 0 Å². The lowest BCUT2D eigenvalue weighted by atomic mass is 9.93. The molecule has 2 nitrogen and oxygen atoms in total. The van der Waals surface area contributed by atoms with Gasteiger partial charge in [0.15, 0.2) is 0 Å². The lowest BCUT2D eigenvalue weighted by molar-refractivity contribution is 0.412. The molecule has 1 rings (SSSR count). The van der Waals surface area contributed by atoms with Gasteiger partial charge in [0.1, 0.15) is 5.82 Å². The van der Waals surface area contributed by atoms with Crippen LogP contribution in [0.5, 0.6) is 0 Å². The van der Waals surface area contributed by atoms with E-state index in [9.17, 15) is 0 Å². The highest BCUT2D eigenvalue weighted by atomic mass is 15.1. The quantitative estimate of drug-likeness (QED) is 0.0785. The molecule has 2 atom stereocenters. The molecule has 0 amide bonds. The SMILES string of the molecule is CCCCCCCCCCCCCCC(CCCCCCC)c1nccn1C(C)CCCCCCCCCCCC. The fourth-order valence-corrected chi connectivity index (χ4v) is 6.71. The van der Waals surface area contributed by atoms with Crippen molar-refractivity contribution in [3.05, 3.63) is 18.2 Å². The van der Waals surface area contributed by atoms with Gasteiger partial charge < -0.3 is 4.57 Å². The normalized spacial score (nSPS) is 13.2. The van der Waals surface area contributed by atoms with Gasteiger partial charge in [-0.2, -0.15) is 0 Å². The Morgan fingerprint density at radius 2 is 0.780 bits per heavy atom. The van der Waals surface area contributed by atoms with E-state index >= 15 is 0 Å². The summed E-state index contributed by atoms with van der Waals surface area (Å²) in [5, 5.41) is 0. The molecule has 0 spiro atoms. The largest absolute Gasteiger partial charge is 0.332 e. The zero-order valence-corrected chi connectivity index (χ0v) is 28.9. The van der Waals surface area contributed by atoms with Gasteiger partial charge >= 0.3 is 0 Å². The van der Waals surface area contributed by atoms with Crippen molar-refractivity contribution < 1.29 is 0 Å². The maximum absolute atomic E-state index is 4.99. The van der Waals surface area contributed by atoms with E-state index in [1.165, 1.54) is 198 Å². The lowest BCUT2D eigenvalue weighted by Crippen LogP contribution is -2.13. The van der Waals surface area contributed by atoms with Crippen LogP contribution in [-0.4, -0.2) is 9.55 Å². The van der Waals surface area contributed by atoms with Gasteiger partial charge in [-0.1, -0.05) is 194 Å². The van der Waals surface area contributed by atoms with Gasteiger partial charge in [-0.05, 0) is 26.2 Å². The van der Waals surface area contributed by atoms with Gasteiger partial charge in [0.05, 0.1) is 0 Å². The molecule has 0 aliphatic heterocycles. The molecule has 0 aliphatic rings. The van der Waals surface area contributed by atoms with Gasteiger partial charge in [-0.15, -0.1) is 0 Å². The molecule has 0 saturated carbocycles. The third-order valence-corrected chi connectivity index (χ3v) is 9.58. The second-order valence-corrected chi connectivity index (χ2v) is 13.6. The van der Waals surface area contributed by atoms with E-state index in [2.05, 4.69) is 44.7 Å². The van der Waals surface area contributed by atoms with Gasteiger partial charge in [-0.25, -0.2) is 4.98 Å². The first-order chi connectivity index (χ1) is 20.2. The molecule has 0 N–H and O–H groups in total. The minimum Gasteiger partial charge on any atom is -0.332 e. The number of aromatic nitrogens is 2. The summed E-state index contributed by atoms with van der Waals surface area (Å²) in [6, 6.07) is 0.589.